The van der Waals surface area contributed by atoms with E-state index in [1.807, 2.05) is 32.0 Å². The molecule has 15 heavy (non-hydrogen) atoms. The second-order valence-electron chi connectivity index (χ2n) is 3.52. The van der Waals surface area contributed by atoms with E-state index in [1.54, 1.807) is 12.1 Å². The molecule has 0 atom stereocenters. The fourth-order valence-corrected chi connectivity index (χ4v) is 1.47. The summed E-state index contributed by atoms with van der Waals surface area (Å²) in [5.41, 5.74) is 2.82. The molecule has 0 saturated carbocycles. The Balaban J connectivity index is 2.49. The van der Waals surface area contributed by atoms with Gasteiger partial charge >= 0.3 is 0 Å². The van der Waals surface area contributed by atoms with Crippen LogP contribution in [0.15, 0.2) is 30.3 Å². The van der Waals surface area contributed by atoms with Crippen LogP contribution in [0.3, 0.4) is 0 Å². The molecular formula is C12H12N2O. The number of phenolic OH excluding ortho intramolecular Hbond substituents is 1. The molecular weight excluding hydrogens is 188 g/mol. The zero-order valence-electron chi connectivity index (χ0n) is 8.73. The Kier molecular flexibility index (Phi) is 2.37. The van der Waals surface area contributed by atoms with Gasteiger partial charge in [0.2, 0.25) is 0 Å². The SMILES string of the molecule is Cc1cc(C)nc(-c2ccc(O)cc2)n1. The summed E-state index contributed by atoms with van der Waals surface area (Å²) < 4.78 is 0. The van der Waals surface area contributed by atoms with Crippen LogP contribution in [0.25, 0.3) is 11.4 Å². The van der Waals surface area contributed by atoms with Gasteiger partial charge in [0.25, 0.3) is 0 Å². The molecule has 0 saturated heterocycles. The number of nitrogens with zero attached hydrogens (tertiary/aromatic N) is 2. The van der Waals surface area contributed by atoms with Crippen LogP contribution < -0.4 is 0 Å². The topological polar surface area (TPSA) is 46.0 Å². The summed E-state index contributed by atoms with van der Waals surface area (Å²) in [5.74, 6) is 0.954. The number of benzene rings is 1. The number of hydrogen-bond donors (Lipinski definition) is 1. The molecule has 2 aromatic rings. The third-order valence-corrected chi connectivity index (χ3v) is 2.11. The predicted octanol–water partition coefficient (Wildman–Crippen LogP) is 2.47. The maximum Gasteiger partial charge on any atom is 0.159 e. The highest BCUT2D eigenvalue weighted by atomic mass is 16.3. The van der Waals surface area contributed by atoms with E-state index in [2.05, 4.69) is 9.97 Å². The molecule has 1 heterocycles. The highest BCUT2D eigenvalue weighted by Gasteiger charge is 2.02. The van der Waals surface area contributed by atoms with Crippen LogP contribution in [0.1, 0.15) is 11.4 Å². The van der Waals surface area contributed by atoms with Crippen molar-refractivity contribution in [1.82, 2.24) is 9.97 Å². The second-order valence-corrected chi connectivity index (χ2v) is 3.52. The van der Waals surface area contributed by atoms with Crippen LogP contribution in [-0.2, 0) is 0 Å². The number of rotatable bonds is 1. The summed E-state index contributed by atoms with van der Waals surface area (Å²) in [6.07, 6.45) is 0. The molecule has 1 aromatic heterocycles. The van der Waals surface area contributed by atoms with Crippen LogP contribution in [0.5, 0.6) is 5.75 Å². The zero-order chi connectivity index (χ0) is 10.8. The lowest BCUT2D eigenvalue weighted by Gasteiger charge is -2.03. The van der Waals surface area contributed by atoms with Gasteiger partial charge in [0.15, 0.2) is 5.82 Å². The molecule has 2 rings (SSSR count). The molecule has 0 unspecified atom stereocenters. The molecule has 0 aliphatic heterocycles. The van der Waals surface area contributed by atoms with Crippen molar-refractivity contribution in [2.45, 2.75) is 13.8 Å². The highest BCUT2D eigenvalue weighted by Crippen LogP contribution is 2.18. The summed E-state index contributed by atoms with van der Waals surface area (Å²) in [5, 5.41) is 9.17. The Morgan fingerprint density at radius 2 is 1.47 bits per heavy atom. The fraction of sp³-hybridized carbons (Fsp3) is 0.167. The van der Waals surface area contributed by atoms with Gasteiger partial charge in [0.1, 0.15) is 5.75 Å². The van der Waals surface area contributed by atoms with Crippen molar-refractivity contribution in [2.75, 3.05) is 0 Å². The van der Waals surface area contributed by atoms with Crippen LogP contribution >= 0.6 is 0 Å². The third-order valence-electron chi connectivity index (χ3n) is 2.11. The maximum atomic E-state index is 9.17. The van der Waals surface area contributed by atoms with Gasteiger partial charge in [-0.25, -0.2) is 9.97 Å². The highest BCUT2D eigenvalue weighted by molar-refractivity contribution is 5.56. The average molecular weight is 200 g/mol. The number of aromatic nitrogens is 2. The monoisotopic (exact) mass is 200 g/mol. The van der Waals surface area contributed by atoms with Crippen molar-refractivity contribution in [1.29, 1.82) is 0 Å². The van der Waals surface area contributed by atoms with Crippen LogP contribution in [0.2, 0.25) is 0 Å². The standard InChI is InChI=1S/C12H12N2O/c1-8-7-9(2)14-12(13-8)10-3-5-11(15)6-4-10/h3-7,15H,1-2H3. The van der Waals surface area contributed by atoms with Gasteiger partial charge < -0.3 is 5.11 Å². The van der Waals surface area contributed by atoms with E-state index in [9.17, 15) is 5.11 Å². The molecule has 0 aliphatic carbocycles. The van der Waals surface area contributed by atoms with Crippen molar-refractivity contribution >= 4 is 0 Å². The Labute approximate surface area is 88.5 Å². The molecule has 3 heteroatoms. The van der Waals surface area contributed by atoms with Gasteiger partial charge in [0, 0.05) is 17.0 Å². The molecule has 3 nitrogen and oxygen atoms in total. The van der Waals surface area contributed by atoms with Crippen molar-refractivity contribution < 1.29 is 5.11 Å². The first-order chi connectivity index (χ1) is 7.15. The molecule has 0 aliphatic rings. The number of aryl methyl sites for hydroxylation is 2. The van der Waals surface area contributed by atoms with E-state index in [4.69, 9.17) is 0 Å². The minimum atomic E-state index is 0.253. The summed E-state index contributed by atoms with van der Waals surface area (Å²) in [7, 11) is 0. The first-order valence-corrected chi connectivity index (χ1v) is 4.77. The first-order valence-electron chi connectivity index (χ1n) is 4.77. The van der Waals surface area contributed by atoms with Crippen LogP contribution in [0, 0.1) is 13.8 Å². The quantitative estimate of drug-likeness (QED) is 0.769. The Hall–Kier alpha value is -1.90. The Bertz CT molecular complexity index is 457. The van der Waals surface area contributed by atoms with Crippen molar-refractivity contribution in [2.24, 2.45) is 0 Å². The second kappa shape index (κ2) is 3.69. The van der Waals surface area contributed by atoms with Crippen molar-refractivity contribution in [3.8, 4) is 17.1 Å². The van der Waals surface area contributed by atoms with Gasteiger partial charge in [0.05, 0.1) is 0 Å². The summed E-state index contributed by atoms with van der Waals surface area (Å²) in [4.78, 5) is 8.68. The molecule has 0 spiro atoms. The molecule has 1 N–H and O–H groups in total. The minimum absolute atomic E-state index is 0.253. The summed E-state index contributed by atoms with van der Waals surface area (Å²) in [6, 6.07) is 8.82. The number of hydrogen-bond acceptors (Lipinski definition) is 3. The smallest absolute Gasteiger partial charge is 0.159 e. The van der Waals surface area contributed by atoms with Crippen LogP contribution in [0.4, 0.5) is 0 Å². The van der Waals surface area contributed by atoms with E-state index in [1.165, 1.54) is 0 Å². The van der Waals surface area contributed by atoms with Crippen LogP contribution in [-0.4, -0.2) is 15.1 Å². The summed E-state index contributed by atoms with van der Waals surface area (Å²) >= 11 is 0. The molecule has 0 amide bonds. The first kappa shape index (κ1) is 9.65. The molecule has 76 valence electrons. The summed E-state index contributed by atoms with van der Waals surface area (Å²) in [6.45, 7) is 3.89. The van der Waals surface area contributed by atoms with E-state index in [0.29, 0.717) is 5.82 Å². The largest absolute Gasteiger partial charge is 0.508 e. The lowest BCUT2D eigenvalue weighted by Crippen LogP contribution is -1.93. The van der Waals surface area contributed by atoms with Gasteiger partial charge in [-0.1, -0.05) is 0 Å². The van der Waals surface area contributed by atoms with E-state index in [0.717, 1.165) is 17.0 Å². The van der Waals surface area contributed by atoms with Gasteiger partial charge in [-0.05, 0) is 44.2 Å². The normalized spacial score (nSPS) is 10.3. The molecule has 0 fully saturated rings. The maximum absolute atomic E-state index is 9.17. The predicted molar refractivity (Wildman–Crippen MR) is 58.6 cm³/mol. The average Bonchev–Trinajstić information content (AvgIpc) is 2.17. The van der Waals surface area contributed by atoms with Gasteiger partial charge in [-0.15, -0.1) is 0 Å². The zero-order valence-corrected chi connectivity index (χ0v) is 8.73. The fourth-order valence-electron chi connectivity index (χ4n) is 1.47. The van der Waals surface area contributed by atoms with Crippen molar-refractivity contribution in [3.05, 3.63) is 41.7 Å². The molecule has 0 bridgehead atoms. The van der Waals surface area contributed by atoms with E-state index in [-0.39, 0.29) is 5.75 Å². The minimum Gasteiger partial charge on any atom is -0.508 e. The Morgan fingerprint density at radius 3 is 2.00 bits per heavy atom. The lowest BCUT2D eigenvalue weighted by molar-refractivity contribution is 0.475. The lowest BCUT2D eigenvalue weighted by atomic mass is 10.2. The van der Waals surface area contributed by atoms with Gasteiger partial charge in [-0.3, -0.25) is 0 Å². The Morgan fingerprint density at radius 1 is 0.933 bits per heavy atom. The molecule has 0 radical (unpaired) electrons. The van der Waals surface area contributed by atoms with Gasteiger partial charge in [-0.2, -0.15) is 0 Å². The number of phenols is 1. The van der Waals surface area contributed by atoms with E-state index >= 15 is 0 Å². The van der Waals surface area contributed by atoms with E-state index < -0.39 is 0 Å². The number of aromatic hydroxyl groups is 1. The third kappa shape index (κ3) is 2.13. The van der Waals surface area contributed by atoms with Crippen molar-refractivity contribution in [3.63, 3.8) is 0 Å². The molecule has 1 aromatic carbocycles.